The Morgan fingerprint density at radius 1 is 1.11 bits per heavy atom. The molecule has 3 aromatic rings. The number of Topliss-reactive ketones (excluding diaryl/α,β-unsaturated/α-hetero) is 1. The monoisotopic (exact) mass is 377 g/mol. The van der Waals surface area contributed by atoms with Crippen LogP contribution in [0.4, 0.5) is 0 Å². The molecule has 4 rings (SSSR count). The number of aryl methyl sites for hydroxylation is 1. The van der Waals surface area contributed by atoms with Gasteiger partial charge in [0.2, 0.25) is 5.78 Å². The van der Waals surface area contributed by atoms with Crippen LogP contribution in [0.1, 0.15) is 33.7 Å². The Morgan fingerprint density at radius 2 is 1.89 bits per heavy atom. The van der Waals surface area contributed by atoms with Crippen molar-refractivity contribution >= 4 is 11.7 Å². The number of aliphatic hydroxyl groups is 1. The Kier molecular flexibility index (Phi) is 4.61. The molecule has 1 unspecified atom stereocenters. The molecule has 6 heteroatoms. The fourth-order valence-corrected chi connectivity index (χ4v) is 3.44. The molecule has 2 aromatic heterocycles. The lowest BCUT2D eigenvalue weighted by molar-refractivity contribution is -0.129. The van der Waals surface area contributed by atoms with Crippen LogP contribution in [-0.4, -0.2) is 28.2 Å². The number of hydrogen-bond acceptors (Lipinski definition) is 5. The maximum absolute atomic E-state index is 13.0. The van der Waals surface area contributed by atoms with Crippen LogP contribution in [-0.2, 0) is 11.2 Å². The highest BCUT2D eigenvalue weighted by atomic mass is 16.3. The summed E-state index contributed by atoms with van der Waals surface area (Å²) >= 11 is 0. The molecule has 1 aliphatic rings. The summed E-state index contributed by atoms with van der Waals surface area (Å²) in [6, 6.07) is 15.5. The van der Waals surface area contributed by atoms with E-state index in [1.165, 1.54) is 17.2 Å². The van der Waals surface area contributed by atoms with Gasteiger partial charge in [-0.1, -0.05) is 30.3 Å². The minimum absolute atomic E-state index is 0.0256. The van der Waals surface area contributed by atoms with Crippen LogP contribution in [0.5, 0.6) is 0 Å². The number of ketones is 1. The van der Waals surface area contributed by atoms with Gasteiger partial charge in [-0.05, 0) is 43.2 Å². The SMILES string of the molecule is Cc1ccc(C(=O)C2=C(O)C(=O)N(CCc3ccccc3)C2c2ccco2)o1. The first-order valence-electron chi connectivity index (χ1n) is 8.99. The number of furan rings is 2. The molecule has 0 radical (unpaired) electrons. The molecule has 0 aliphatic carbocycles. The van der Waals surface area contributed by atoms with E-state index in [4.69, 9.17) is 8.83 Å². The first-order chi connectivity index (χ1) is 13.6. The molecule has 0 fully saturated rings. The van der Waals surface area contributed by atoms with E-state index in [0.717, 1.165) is 5.56 Å². The zero-order valence-electron chi connectivity index (χ0n) is 15.3. The Bertz CT molecular complexity index is 1030. The molecule has 6 nitrogen and oxygen atoms in total. The Hall–Kier alpha value is -3.54. The average Bonchev–Trinajstić information content (AvgIpc) is 3.42. The maximum Gasteiger partial charge on any atom is 0.290 e. The molecule has 1 amide bonds. The summed E-state index contributed by atoms with van der Waals surface area (Å²) in [6.45, 7) is 2.05. The van der Waals surface area contributed by atoms with Crippen molar-refractivity contribution < 1.29 is 23.5 Å². The highest BCUT2D eigenvalue weighted by Gasteiger charge is 2.45. The van der Waals surface area contributed by atoms with E-state index in [9.17, 15) is 14.7 Å². The summed E-state index contributed by atoms with van der Waals surface area (Å²) in [6.07, 6.45) is 2.06. The highest BCUT2D eigenvalue weighted by Crippen LogP contribution is 2.39. The third kappa shape index (κ3) is 3.13. The molecule has 1 atom stereocenters. The van der Waals surface area contributed by atoms with E-state index >= 15 is 0 Å². The predicted molar refractivity (Wildman–Crippen MR) is 101 cm³/mol. The lowest BCUT2D eigenvalue weighted by atomic mass is 9.99. The number of hydrogen-bond donors (Lipinski definition) is 1. The molecular formula is C22H19NO5. The summed E-state index contributed by atoms with van der Waals surface area (Å²) in [5.74, 6) is -0.617. The van der Waals surface area contributed by atoms with Crippen molar-refractivity contribution in [1.29, 1.82) is 0 Å². The summed E-state index contributed by atoms with van der Waals surface area (Å²) in [5, 5.41) is 10.5. The van der Waals surface area contributed by atoms with Crippen LogP contribution < -0.4 is 0 Å². The largest absolute Gasteiger partial charge is 0.503 e. The molecular weight excluding hydrogens is 358 g/mol. The summed E-state index contributed by atoms with van der Waals surface area (Å²) in [7, 11) is 0. The van der Waals surface area contributed by atoms with Crippen LogP contribution >= 0.6 is 0 Å². The van der Waals surface area contributed by atoms with E-state index in [1.807, 2.05) is 30.3 Å². The molecule has 1 aromatic carbocycles. The van der Waals surface area contributed by atoms with Gasteiger partial charge < -0.3 is 18.8 Å². The number of carbonyl (C=O) groups excluding carboxylic acids is 2. The van der Waals surface area contributed by atoms with Crippen LogP contribution in [0.3, 0.4) is 0 Å². The van der Waals surface area contributed by atoms with Gasteiger partial charge in [-0.25, -0.2) is 0 Å². The summed E-state index contributed by atoms with van der Waals surface area (Å²) in [4.78, 5) is 27.2. The standard InChI is InChI=1S/C22H19NO5/c1-14-9-10-17(28-14)20(24)18-19(16-8-5-13-27-16)23(22(26)21(18)25)12-11-15-6-3-2-4-7-15/h2-10,13,19,25H,11-12H2,1H3. The van der Waals surface area contributed by atoms with E-state index in [2.05, 4.69) is 0 Å². The van der Waals surface area contributed by atoms with Crippen LogP contribution in [0.25, 0.3) is 0 Å². The Labute approximate surface area is 161 Å². The third-order valence-corrected chi connectivity index (χ3v) is 4.81. The second kappa shape index (κ2) is 7.23. The van der Waals surface area contributed by atoms with Crippen molar-refractivity contribution in [3.63, 3.8) is 0 Å². The predicted octanol–water partition coefficient (Wildman–Crippen LogP) is 4.00. The number of benzene rings is 1. The number of rotatable bonds is 6. The van der Waals surface area contributed by atoms with E-state index < -0.39 is 23.5 Å². The lowest BCUT2D eigenvalue weighted by Gasteiger charge is -2.24. The fourth-order valence-electron chi connectivity index (χ4n) is 3.44. The van der Waals surface area contributed by atoms with Gasteiger partial charge in [0.25, 0.3) is 5.91 Å². The zero-order chi connectivity index (χ0) is 19.7. The van der Waals surface area contributed by atoms with E-state index in [-0.39, 0.29) is 11.3 Å². The Balaban J connectivity index is 1.68. The maximum atomic E-state index is 13.0. The molecule has 3 heterocycles. The summed E-state index contributed by atoms with van der Waals surface area (Å²) in [5.41, 5.74) is 1.02. The number of aliphatic hydroxyl groups excluding tert-OH is 1. The summed E-state index contributed by atoms with van der Waals surface area (Å²) < 4.78 is 10.9. The minimum Gasteiger partial charge on any atom is -0.503 e. The molecule has 28 heavy (non-hydrogen) atoms. The van der Waals surface area contributed by atoms with Crippen molar-refractivity contribution in [2.24, 2.45) is 0 Å². The lowest BCUT2D eigenvalue weighted by Crippen LogP contribution is -2.32. The molecule has 0 saturated carbocycles. The second-order valence-corrected chi connectivity index (χ2v) is 6.65. The normalized spacial score (nSPS) is 16.8. The van der Waals surface area contributed by atoms with Crippen molar-refractivity contribution in [1.82, 2.24) is 4.90 Å². The van der Waals surface area contributed by atoms with Crippen molar-refractivity contribution in [3.05, 3.63) is 95.0 Å². The van der Waals surface area contributed by atoms with Gasteiger partial charge in [0.05, 0.1) is 11.8 Å². The quantitative estimate of drug-likeness (QED) is 0.657. The molecule has 1 N–H and O–H groups in total. The van der Waals surface area contributed by atoms with Crippen LogP contribution in [0.15, 0.2) is 81.0 Å². The number of amides is 1. The zero-order valence-corrected chi connectivity index (χ0v) is 15.3. The molecule has 0 spiro atoms. The van der Waals surface area contributed by atoms with Gasteiger partial charge in [-0.15, -0.1) is 0 Å². The van der Waals surface area contributed by atoms with Gasteiger partial charge >= 0.3 is 0 Å². The third-order valence-electron chi connectivity index (χ3n) is 4.81. The smallest absolute Gasteiger partial charge is 0.290 e. The Morgan fingerprint density at radius 3 is 2.54 bits per heavy atom. The van der Waals surface area contributed by atoms with Crippen molar-refractivity contribution in [3.8, 4) is 0 Å². The van der Waals surface area contributed by atoms with Gasteiger partial charge in [0.1, 0.15) is 17.6 Å². The van der Waals surface area contributed by atoms with Gasteiger partial charge in [0.15, 0.2) is 11.5 Å². The first kappa shape index (κ1) is 17.9. The topological polar surface area (TPSA) is 83.9 Å². The molecule has 1 aliphatic heterocycles. The van der Waals surface area contributed by atoms with E-state index in [0.29, 0.717) is 24.5 Å². The average molecular weight is 377 g/mol. The number of nitrogens with zero attached hydrogens (tertiary/aromatic N) is 1. The second-order valence-electron chi connectivity index (χ2n) is 6.65. The molecule has 0 saturated heterocycles. The molecule has 0 bridgehead atoms. The molecule has 142 valence electrons. The van der Waals surface area contributed by atoms with Gasteiger partial charge in [-0.2, -0.15) is 0 Å². The van der Waals surface area contributed by atoms with Gasteiger partial charge in [-0.3, -0.25) is 9.59 Å². The van der Waals surface area contributed by atoms with Gasteiger partial charge in [0, 0.05) is 6.54 Å². The first-order valence-corrected chi connectivity index (χ1v) is 8.99. The van der Waals surface area contributed by atoms with E-state index in [1.54, 1.807) is 25.1 Å². The minimum atomic E-state index is -0.802. The van der Waals surface area contributed by atoms with Crippen LogP contribution in [0, 0.1) is 6.92 Å². The van der Waals surface area contributed by atoms with Crippen molar-refractivity contribution in [2.45, 2.75) is 19.4 Å². The highest BCUT2D eigenvalue weighted by molar-refractivity contribution is 6.14. The van der Waals surface area contributed by atoms with Crippen LogP contribution in [0.2, 0.25) is 0 Å². The fraction of sp³-hybridized carbons (Fsp3) is 0.182. The van der Waals surface area contributed by atoms with Crippen molar-refractivity contribution in [2.75, 3.05) is 6.54 Å². The number of carbonyl (C=O) groups is 2.